The van der Waals surface area contributed by atoms with Crippen LogP contribution in [-0.4, -0.2) is 82.2 Å². The van der Waals surface area contributed by atoms with E-state index < -0.39 is 10.0 Å². The molecule has 0 atom stereocenters. The van der Waals surface area contributed by atoms with Gasteiger partial charge in [-0.15, -0.1) is 0 Å². The van der Waals surface area contributed by atoms with E-state index in [-0.39, 0.29) is 11.6 Å². The number of benzene rings is 1. The van der Waals surface area contributed by atoms with Crippen molar-refractivity contribution in [2.75, 3.05) is 63.5 Å². The summed E-state index contributed by atoms with van der Waals surface area (Å²) >= 11 is 0. The van der Waals surface area contributed by atoms with E-state index in [4.69, 9.17) is 0 Å². The first-order valence-corrected chi connectivity index (χ1v) is 10.5. The van der Waals surface area contributed by atoms with E-state index in [9.17, 15) is 12.8 Å². The maximum atomic E-state index is 13.1. The fourth-order valence-corrected chi connectivity index (χ4v) is 4.92. The van der Waals surface area contributed by atoms with Gasteiger partial charge < -0.3 is 15.1 Å². The Morgan fingerprint density at radius 3 is 2.42 bits per heavy atom. The molecule has 2 aliphatic heterocycles. The Morgan fingerprint density at radius 2 is 1.85 bits per heavy atom. The maximum absolute atomic E-state index is 13.1. The van der Waals surface area contributed by atoms with Crippen molar-refractivity contribution in [1.82, 2.24) is 14.5 Å². The van der Waals surface area contributed by atoms with Crippen molar-refractivity contribution in [3.8, 4) is 0 Å². The molecule has 0 radical (unpaired) electrons. The van der Waals surface area contributed by atoms with Crippen LogP contribution in [0.4, 0.5) is 10.1 Å². The van der Waals surface area contributed by atoms with Crippen LogP contribution in [0.1, 0.15) is 6.42 Å². The highest BCUT2D eigenvalue weighted by atomic mass is 32.2. The molecule has 1 aromatic rings. The molecule has 0 bridgehead atoms. The summed E-state index contributed by atoms with van der Waals surface area (Å²) in [6.45, 7) is 4.89. The van der Waals surface area contributed by atoms with Crippen LogP contribution in [0.25, 0.3) is 0 Å². The summed E-state index contributed by atoms with van der Waals surface area (Å²) < 4.78 is 38.3. The molecule has 7 nitrogen and oxygen atoms in total. The van der Waals surface area contributed by atoms with Gasteiger partial charge in [0.1, 0.15) is 5.82 Å². The van der Waals surface area contributed by atoms with Gasteiger partial charge in [-0.2, -0.15) is 0 Å². The summed E-state index contributed by atoms with van der Waals surface area (Å²) in [7, 11) is -1.31. The van der Waals surface area contributed by atoms with Crippen molar-refractivity contribution in [2.24, 2.45) is 4.99 Å². The molecule has 1 aromatic carbocycles. The molecule has 0 unspecified atom stereocenters. The average Bonchev–Trinajstić information content (AvgIpc) is 2.98. The number of aliphatic imine (C=N–C) groups is 1. The molecular weight excluding hydrogens is 357 g/mol. The fourth-order valence-electron chi connectivity index (χ4n) is 3.40. The molecule has 0 aromatic heterocycles. The van der Waals surface area contributed by atoms with Crippen LogP contribution in [0.15, 0.2) is 29.3 Å². The van der Waals surface area contributed by atoms with Gasteiger partial charge >= 0.3 is 0 Å². The average molecular weight is 383 g/mol. The monoisotopic (exact) mass is 383 g/mol. The number of halogens is 1. The number of sulfonamides is 1. The largest absolute Gasteiger partial charge is 0.368 e. The summed E-state index contributed by atoms with van der Waals surface area (Å²) in [5.74, 6) is 0.824. The third-order valence-electron chi connectivity index (χ3n) is 4.83. The van der Waals surface area contributed by atoms with Crippen LogP contribution < -0.4 is 10.2 Å². The number of nitrogens with zero attached hydrogens (tertiary/aromatic N) is 4. The van der Waals surface area contributed by atoms with Crippen LogP contribution in [-0.2, 0) is 10.0 Å². The van der Waals surface area contributed by atoms with Gasteiger partial charge in [0.15, 0.2) is 5.96 Å². The molecule has 144 valence electrons. The van der Waals surface area contributed by atoms with Gasteiger partial charge in [-0.3, -0.25) is 4.99 Å². The number of anilines is 1. The van der Waals surface area contributed by atoms with E-state index in [0.717, 1.165) is 37.8 Å². The number of piperazine rings is 1. The normalized spacial score (nSPS) is 21.2. The van der Waals surface area contributed by atoms with E-state index in [1.165, 1.54) is 12.1 Å². The second-order valence-electron chi connectivity index (χ2n) is 6.49. The zero-order chi connectivity index (χ0) is 18.6. The van der Waals surface area contributed by atoms with E-state index in [2.05, 4.69) is 20.1 Å². The Morgan fingerprint density at radius 1 is 1.15 bits per heavy atom. The lowest BCUT2D eigenvalue weighted by atomic mass is 10.2. The van der Waals surface area contributed by atoms with Crippen molar-refractivity contribution in [3.63, 3.8) is 0 Å². The molecule has 2 saturated heterocycles. The summed E-state index contributed by atoms with van der Waals surface area (Å²) in [4.78, 5) is 8.70. The molecule has 3 rings (SSSR count). The predicted octanol–water partition coefficient (Wildman–Crippen LogP) is 0.559. The summed E-state index contributed by atoms with van der Waals surface area (Å²) in [5, 5.41) is 3.27. The minimum atomic E-state index is -3.05. The van der Waals surface area contributed by atoms with Crippen molar-refractivity contribution in [2.45, 2.75) is 6.42 Å². The first-order chi connectivity index (χ1) is 12.5. The second kappa shape index (κ2) is 8.22. The Balaban J connectivity index is 1.47. The standard InChI is InChI=1S/C17H26FN5O2S/c1-19-17(20-7-9-23-8-2-14-26(23,24)25)22-12-10-21(11-13-22)16-5-3-15(18)4-6-16/h3-6H,2,7-14H2,1H3,(H,19,20). The molecular formula is C17H26FN5O2S. The molecule has 1 N–H and O–H groups in total. The van der Waals surface area contributed by atoms with Gasteiger partial charge in [-0.25, -0.2) is 17.1 Å². The number of hydrogen-bond acceptors (Lipinski definition) is 4. The first kappa shape index (κ1) is 18.9. The van der Waals surface area contributed by atoms with Crippen LogP contribution in [0.2, 0.25) is 0 Å². The molecule has 0 amide bonds. The molecule has 0 spiro atoms. The van der Waals surface area contributed by atoms with Crippen molar-refractivity contribution < 1.29 is 12.8 Å². The van der Waals surface area contributed by atoms with Crippen molar-refractivity contribution >= 4 is 21.7 Å². The minimum Gasteiger partial charge on any atom is -0.368 e. The highest BCUT2D eigenvalue weighted by Crippen LogP contribution is 2.17. The molecule has 2 heterocycles. The van der Waals surface area contributed by atoms with Crippen molar-refractivity contribution in [3.05, 3.63) is 30.1 Å². The van der Waals surface area contributed by atoms with Gasteiger partial charge in [0.25, 0.3) is 0 Å². The molecule has 2 aliphatic rings. The zero-order valence-corrected chi connectivity index (χ0v) is 15.9. The minimum absolute atomic E-state index is 0.225. The highest BCUT2D eigenvalue weighted by molar-refractivity contribution is 7.89. The summed E-state index contributed by atoms with van der Waals surface area (Å²) in [6.07, 6.45) is 0.711. The quantitative estimate of drug-likeness (QED) is 0.608. The lowest BCUT2D eigenvalue weighted by molar-refractivity contribution is 0.369. The van der Waals surface area contributed by atoms with Gasteiger partial charge in [0.2, 0.25) is 10.0 Å². The number of hydrogen-bond donors (Lipinski definition) is 1. The van der Waals surface area contributed by atoms with Gasteiger partial charge in [0, 0.05) is 58.5 Å². The number of nitrogens with one attached hydrogen (secondary N) is 1. The number of rotatable bonds is 4. The highest BCUT2D eigenvalue weighted by Gasteiger charge is 2.27. The third kappa shape index (κ3) is 4.45. The van der Waals surface area contributed by atoms with Crippen LogP contribution in [0, 0.1) is 5.82 Å². The molecule has 0 saturated carbocycles. The summed E-state index contributed by atoms with van der Waals surface area (Å²) in [5.41, 5.74) is 1.02. The van der Waals surface area contributed by atoms with E-state index in [0.29, 0.717) is 26.1 Å². The van der Waals surface area contributed by atoms with Gasteiger partial charge in [0.05, 0.1) is 5.75 Å². The second-order valence-corrected chi connectivity index (χ2v) is 8.58. The number of guanidine groups is 1. The fraction of sp³-hybridized carbons (Fsp3) is 0.588. The lowest BCUT2D eigenvalue weighted by Crippen LogP contribution is -2.53. The first-order valence-electron chi connectivity index (χ1n) is 8.93. The van der Waals surface area contributed by atoms with Crippen molar-refractivity contribution in [1.29, 1.82) is 0 Å². The van der Waals surface area contributed by atoms with E-state index in [1.54, 1.807) is 23.5 Å². The third-order valence-corrected chi connectivity index (χ3v) is 6.79. The van der Waals surface area contributed by atoms with Crippen LogP contribution in [0.5, 0.6) is 0 Å². The van der Waals surface area contributed by atoms with Gasteiger partial charge in [-0.1, -0.05) is 0 Å². The molecule has 9 heteroatoms. The Hall–Kier alpha value is -1.87. The zero-order valence-electron chi connectivity index (χ0n) is 15.1. The van der Waals surface area contributed by atoms with Gasteiger partial charge in [-0.05, 0) is 30.7 Å². The topological polar surface area (TPSA) is 68.2 Å². The Labute approximate surface area is 154 Å². The summed E-state index contributed by atoms with van der Waals surface area (Å²) in [6, 6.07) is 6.56. The molecule has 26 heavy (non-hydrogen) atoms. The van der Waals surface area contributed by atoms with E-state index in [1.807, 2.05) is 0 Å². The lowest BCUT2D eigenvalue weighted by Gasteiger charge is -2.37. The Kier molecular flexibility index (Phi) is 5.98. The maximum Gasteiger partial charge on any atom is 0.214 e. The predicted molar refractivity (Wildman–Crippen MR) is 102 cm³/mol. The molecule has 2 fully saturated rings. The Bertz CT molecular complexity index is 730. The molecule has 0 aliphatic carbocycles. The SMILES string of the molecule is CN=C(NCCN1CCCS1(=O)=O)N1CCN(c2ccc(F)cc2)CC1. The smallest absolute Gasteiger partial charge is 0.214 e. The van der Waals surface area contributed by atoms with E-state index >= 15 is 0 Å². The van der Waals surface area contributed by atoms with Crippen LogP contribution in [0.3, 0.4) is 0 Å². The van der Waals surface area contributed by atoms with Crippen LogP contribution >= 0.6 is 0 Å².